The second kappa shape index (κ2) is 7.39. The minimum absolute atomic E-state index is 0.187. The van der Waals surface area contributed by atoms with Crippen molar-refractivity contribution in [1.82, 2.24) is 14.9 Å². The van der Waals surface area contributed by atoms with Crippen LogP contribution in [0.1, 0.15) is 15.9 Å². The summed E-state index contributed by atoms with van der Waals surface area (Å²) in [5.74, 6) is -6.31. The maximum atomic E-state index is 14.3. The Labute approximate surface area is 179 Å². The van der Waals surface area contributed by atoms with Gasteiger partial charge in [-0.05, 0) is 36.4 Å². The molecule has 0 unspecified atom stereocenters. The fourth-order valence-electron chi connectivity index (χ4n) is 3.50. The Morgan fingerprint density at radius 2 is 1.61 bits per heavy atom. The molecule has 2 amide bonds. The van der Waals surface area contributed by atoms with Gasteiger partial charge in [0.15, 0.2) is 0 Å². The first-order valence-corrected chi connectivity index (χ1v) is 9.08. The van der Waals surface area contributed by atoms with Crippen molar-refractivity contribution < 1.29 is 31.5 Å². The Morgan fingerprint density at radius 1 is 0.970 bits per heavy atom. The molecule has 1 atom stereocenters. The second-order valence-corrected chi connectivity index (χ2v) is 6.93. The first-order valence-electron chi connectivity index (χ1n) is 9.08. The smallest absolute Gasteiger partial charge is 0.326 e. The van der Waals surface area contributed by atoms with Gasteiger partial charge < -0.3 is 10.6 Å². The Morgan fingerprint density at radius 3 is 2.21 bits per heavy atom. The summed E-state index contributed by atoms with van der Waals surface area (Å²) in [5, 5.41) is 3.24. The number of hydrogen-bond acceptors (Lipinski definition) is 4. The summed E-state index contributed by atoms with van der Waals surface area (Å²) in [6.45, 7) is 0. The van der Waals surface area contributed by atoms with Gasteiger partial charge in [-0.1, -0.05) is 12.1 Å². The molecule has 0 aliphatic carbocycles. The van der Waals surface area contributed by atoms with Crippen molar-refractivity contribution in [2.45, 2.75) is 11.7 Å². The summed E-state index contributed by atoms with van der Waals surface area (Å²) in [7, 11) is 0. The van der Waals surface area contributed by atoms with Crippen LogP contribution in [-0.4, -0.2) is 27.5 Å². The number of aromatic nitrogens is 2. The zero-order chi connectivity index (χ0) is 24.1. The van der Waals surface area contributed by atoms with Crippen LogP contribution in [0.25, 0.3) is 5.69 Å². The lowest BCUT2D eigenvalue weighted by Crippen LogP contribution is -2.62. The molecule has 170 valence electrons. The number of alkyl halides is 3. The molecule has 0 fully saturated rings. The Hall–Kier alpha value is -4.29. The molecule has 2 aromatic carbocycles. The zero-order valence-electron chi connectivity index (χ0n) is 16.1. The number of benzene rings is 2. The normalized spacial score (nSPS) is 17.4. The van der Waals surface area contributed by atoms with Gasteiger partial charge in [-0.3, -0.25) is 19.4 Å². The number of carbonyl (C=O) groups is 2. The van der Waals surface area contributed by atoms with E-state index in [2.05, 4.69) is 0 Å². The standard InChI is InChI=1S/C20H11F5N4O4/c21-9-5-7-10(8-6-9)29-14-13(16(31)27-18(29)33)19(17(32)26-14,20(23,24)25)28-15(30)11-3-1-2-4-12(11)22/h1-8H,(H,26,32)(H,28,30)(H,27,31,33)/t19-/m0/s1. The first-order chi connectivity index (χ1) is 15.5. The third-order valence-electron chi connectivity index (χ3n) is 4.99. The fraction of sp³-hybridized carbons (Fsp3) is 0.100. The molecule has 0 radical (unpaired) electrons. The molecule has 3 aromatic rings. The van der Waals surface area contributed by atoms with Gasteiger partial charge in [-0.25, -0.2) is 18.1 Å². The van der Waals surface area contributed by atoms with Crippen molar-refractivity contribution in [1.29, 1.82) is 0 Å². The number of nitrogens with one attached hydrogen (secondary N) is 3. The van der Waals surface area contributed by atoms with Gasteiger partial charge in [-0.2, -0.15) is 13.2 Å². The third-order valence-corrected chi connectivity index (χ3v) is 4.99. The van der Waals surface area contributed by atoms with E-state index in [0.717, 1.165) is 36.4 Å². The molecule has 1 aliphatic heterocycles. The molecular formula is C20H11F5N4O4. The van der Waals surface area contributed by atoms with Crippen molar-refractivity contribution in [3.63, 3.8) is 0 Å². The lowest BCUT2D eigenvalue weighted by atomic mass is 9.91. The molecule has 0 saturated heterocycles. The molecule has 0 spiro atoms. The zero-order valence-corrected chi connectivity index (χ0v) is 16.1. The maximum Gasteiger partial charge on any atom is 0.425 e. The summed E-state index contributed by atoms with van der Waals surface area (Å²) in [5.41, 5.74) is -9.14. The molecule has 2 heterocycles. The Balaban J connectivity index is 1.98. The molecular weight excluding hydrogens is 455 g/mol. The molecule has 0 bridgehead atoms. The molecule has 8 nitrogen and oxygen atoms in total. The topological polar surface area (TPSA) is 113 Å². The summed E-state index contributed by atoms with van der Waals surface area (Å²) in [4.78, 5) is 51.8. The molecule has 33 heavy (non-hydrogen) atoms. The monoisotopic (exact) mass is 466 g/mol. The van der Waals surface area contributed by atoms with E-state index in [4.69, 9.17) is 0 Å². The van der Waals surface area contributed by atoms with Gasteiger partial charge in [0, 0.05) is 0 Å². The quantitative estimate of drug-likeness (QED) is 0.512. The molecule has 1 aromatic heterocycles. The molecule has 3 N–H and O–H groups in total. The van der Waals surface area contributed by atoms with Gasteiger partial charge in [0.1, 0.15) is 23.0 Å². The SMILES string of the molecule is O=C(N[C@]1(C(F)(F)F)C(=O)Nc2c1c(=O)[nH]c(=O)n2-c1ccc(F)cc1)c1ccccc1F. The van der Waals surface area contributed by atoms with Crippen molar-refractivity contribution >= 4 is 17.6 Å². The van der Waals surface area contributed by atoms with E-state index in [0.29, 0.717) is 4.57 Å². The van der Waals surface area contributed by atoms with E-state index < -0.39 is 63.4 Å². The number of aromatic amines is 1. The van der Waals surface area contributed by atoms with Crippen molar-refractivity contribution in [3.8, 4) is 5.69 Å². The van der Waals surface area contributed by atoms with Crippen LogP contribution < -0.4 is 21.9 Å². The lowest BCUT2D eigenvalue weighted by Gasteiger charge is -2.30. The van der Waals surface area contributed by atoms with Crippen LogP contribution in [0.5, 0.6) is 0 Å². The van der Waals surface area contributed by atoms with Crippen LogP contribution in [0, 0.1) is 11.6 Å². The number of amides is 2. The van der Waals surface area contributed by atoms with E-state index in [1.54, 1.807) is 4.98 Å². The lowest BCUT2D eigenvalue weighted by molar-refractivity contribution is -0.196. The highest BCUT2D eigenvalue weighted by Gasteiger charge is 2.68. The van der Waals surface area contributed by atoms with Crippen LogP contribution in [0.15, 0.2) is 58.1 Å². The number of carbonyl (C=O) groups excluding carboxylic acids is 2. The third kappa shape index (κ3) is 3.28. The number of hydrogen-bond donors (Lipinski definition) is 3. The number of H-pyrrole nitrogens is 1. The van der Waals surface area contributed by atoms with Crippen LogP contribution in [0.3, 0.4) is 0 Å². The summed E-state index contributed by atoms with van der Waals surface area (Å²) >= 11 is 0. The average molecular weight is 466 g/mol. The largest absolute Gasteiger partial charge is 0.425 e. The van der Waals surface area contributed by atoms with Crippen LogP contribution >= 0.6 is 0 Å². The average Bonchev–Trinajstić information content (AvgIpc) is 3.02. The van der Waals surface area contributed by atoms with Gasteiger partial charge in [0.2, 0.25) is 0 Å². The predicted molar refractivity (Wildman–Crippen MR) is 103 cm³/mol. The number of anilines is 1. The molecule has 4 rings (SSSR count). The van der Waals surface area contributed by atoms with Crippen LogP contribution in [-0.2, 0) is 10.3 Å². The number of rotatable bonds is 3. The number of halogens is 5. The van der Waals surface area contributed by atoms with Gasteiger partial charge >= 0.3 is 11.9 Å². The minimum Gasteiger partial charge on any atom is -0.326 e. The second-order valence-electron chi connectivity index (χ2n) is 6.93. The predicted octanol–water partition coefficient (Wildman–Crippen LogP) is 1.94. The van der Waals surface area contributed by atoms with E-state index in [1.807, 2.05) is 5.32 Å². The minimum atomic E-state index is -5.60. The molecule has 1 aliphatic rings. The van der Waals surface area contributed by atoms with E-state index in [1.165, 1.54) is 17.4 Å². The highest BCUT2D eigenvalue weighted by Crippen LogP contribution is 2.45. The van der Waals surface area contributed by atoms with E-state index in [9.17, 15) is 41.1 Å². The van der Waals surface area contributed by atoms with Crippen molar-refractivity contribution in [2.75, 3.05) is 5.32 Å². The van der Waals surface area contributed by atoms with Crippen molar-refractivity contribution in [3.05, 3.63) is 92.1 Å². The Bertz CT molecular complexity index is 1410. The summed E-state index contributed by atoms with van der Waals surface area (Å²) in [6, 6.07) is 7.90. The van der Waals surface area contributed by atoms with Crippen LogP contribution in [0.4, 0.5) is 27.8 Å². The van der Waals surface area contributed by atoms with Crippen molar-refractivity contribution in [2.24, 2.45) is 0 Å². The summed E-state index contributed by atoms with van der Waals surface area (Å²) in [6.07, 6.45) is -5.60. The Kier molecular flexibility index (Phi) is 4.91. The van der Waals surface area contributed by atoms with E-state index in [-0.39, 0.29) is 5.69 Å². The van der Waals surface area contributed by atoms with Gasteiger partial charge in [0.05, 0.1) is 11.3 Å². The number of fused-ring (bicyclic) bond motifs is 1. The van der Waals surface area contributed by atoms with Crippen LogP contribution in [0.2, 0.25) is 0 Å². The van der Waals surface area contributed by atoms with Gasteiger partial charge in [-0.15, -0.1) is 0 Å². The highest BCUT2D eigenvalue weighted by molar-refractivity contribution is 6.09. The fourth-order valence-corrected chi connectivity index (χ4v) is 3.50. The maximum absolute atomic E-state index is 14.3. The molecule has 0 saturated carbocycles. The van der Waals surface area contributed by atoms with E-state index >= 15 is 0 Å². The highest BCUT2D eigenvalue weighted by atomic mass is 19.4. The first kappa shape index (κ1) is 21.9. The van der Waals surface area contributed by atoms with Gasteiger partial charge in [0.25, 0.3) is 22.9 Å². The number of nitrogens with zero attached hydrogens (tertiary/aromatic N) is 1. The molecule has 13 heteroatoms. The summed E-state index contributed by atoms with van der Waals surface area (Å²) < 4.78 is 70.8.